The number of H-pyrrole nitrogens is 1. The monoisotopic (exact) mass is 311 g/mol. The van der Waals surface area contributed by atoms with Crippen LogP contribution in [0.3, 0.4) is 0 Å². The number of aryl methyl sites for hydroxylation is 2. The fraction of sp³-hybridized carbons (Fsp3) is 0.471. The van der Waals surface area contributed by atoms with Crippen LogP contribution in [0.15, 0.2) is 18.3 Å². The number of aromatic nitrogens is 3. The summed E-state index contributed by atoms with van der Waals surface area (Å²) in [4.78, 5) is 19.2. The number of hydrogen-bond acceptors (Lipinski definition) is 4. The summed E-state index contributed by atoms with van der Waals surface area (Å²) in [7, 11) is 0. The number of anilines is 1. The van der Waals surface area contributed by atoms with Gasteiger partial charge in [-0.05, 0) is 43.7 Å². The molecule has 1 saturated heterocycles. The molecular formula is C17H21N5O. The van der Waals surface area contributed by atoms with Gasteiger partial charge in [-0.3, -0.25) is 9.89 Å². The van der Waals surface area contributed by atoms with Crippen molar-refractivity contribution < 1.29 is 4.79 Å². The number of carbonyl (C=O) groups is 1. The summed E-state index contributed by atoms with van der Waals surface area (Å²) in [5.41, 5.74) is 10.5. The lowest BCUT2D eigenvalue weighted by Crippen LogP contribution is -2.29. The molecule has 2 aromatic rings. The third-order valence-electron chi connectivity index (χ3n) is 4.98. The first-order valence-electron chi connectivity index (χ1n) is 8.29. The SMILES string of the molecule is Nc1cn[nH]c1C1CCN(C(=O)c2ccc3c(n2)CCCC3)C1. The van der Waals surface area contributed by atoms with Gasteiger partial charge in [-0.15, -0.1) is 0 Å². The topological polar surface area (TPSA) is 87.9 Å². The van der Waals surface area contributed by atoms with Crippen LogP contribution in [-0.2, 0) is 12.8 Å². The minimum Gasteiger partial charge on any atom is -0.396 e. The Morgan fingerprint density at radius 3 is 3.00 bits per heavy atom. The Labute approximate surface area is 135 Å². The summed E-state index contributed by atoms with van der Waals surface area (Å²) >= 11 is 0. The average molecular weight is 311 g/mol. The van der Waals surface area contributed by atoms with Crippen molar-refractivity contribution in [1.82, 2.24) is 20.1 Å². The van der Waals surface area contributed by atoms with Gasteiger partial charge in [0, 0.05) is 24.7 Å². The fourth-order valence-electron chi connectivity index (χ4n) is 3.68. The number of nitrogens with two attached hydrogens (primary N) is 1. The van der Waals surface area contributed by atoms with E-state index < -0.39 is 0 Å². The van der Waals surface area contributed by atoms with Gasteiger partial charge in [-0.2, -0.15) is 5.10 Å². The number of rotatable bonds is 2. The molecule has 6 nitrogen and oxygen atoms in total. The molecule has 4 rings (SSSR count). The zero-order valence-electron chi connectivity index (χ0n) is 13.1. The van der Waals surface area contributed by atoms with Crippen molar-refractivity contribution in [2.24, 2.45) is 0 Å². The van der Waals surface area contributed by atoms with Gasteiger partial charge in [0.15, 0.2) is 0 Å². The van der Waals surface area contributed by atoms with E-state index in [4.69, 9.17) is 5.73 Å². The number of amides is 1. The van der Waals surface area contributed by atoms with Crippen molar-refractivity contribution in [2.45, 2.75) is 38.0 Å². The second-order valence-corrected chi connectivity index (χ2v) is 6.49. The maximum Gasteiger partial charge on any atom is 0.272 e. The predicted molar refractivity (Wildman–Crippen MR) is 87.1 cm³/mol. The Kier molecular flexibility index (Phi) is 3.52. The van der Waals surface area contributed by atoms with Gasteiger partial charge in [-0.25, -0.2) is 4.98 Å². The first kappa shape index (κ1) is 14.2. The molecule has 1 aliphatic carbocycles. The molecule has 3 heterocycles. The van der Waals surface area contributed by atoms with Crippen LogP contribution in [0, 0.1) is 0 Å². The Balaban J connectivity index is 1.51. The molecule has 0 saturated carbocycles. The number of carbonyl (C=O) groups excluding carboxylic acids is 1. The molecule has 2 aromatic heterocycles. The van der Waals surface area contributed by atoms with Crippen LogP contribution < -0.4 is 5.73 Å². The van der Waals surface area contributed by atoms with Crippen LogP contribution in [0.4, 0.5) is 5.69 Å². The lowest BCUT2D eigenvalue weighted by Gasteiger charge is -2.19. The fourth-order valence-corrected chi connectivity index (χ4v) is 3.68. The molecule has 0 radical (unpaired) electrons. The highest BCUT2D eigenvalue weighted by atomic mass is 16.2. The summed E-state index contributed by atoms with van der Waals surface area (Å²) in [5.74, 6) is 0.262. The number of nitrogen functional groups attached to an aromatic ring is 1. The van der Waals surface area contributed by atoms with Crippen molar-refractivity contribution >= 4 is 11.6 Å². The zero-order chi connectivity index (χ0) is 15.8. The summed E-state index contributed by atoms with van der Waals surface area (Å²) in [6, 6.07) is 3.96. The number of nitrogens with zero attached hydrogens (tertiary/aromatic N) is 3. The third-order valence-corrected chi connectivity index (χ3v) is 4.98. The van der Waals surface area contributed by atoms with Gasteiger partial charge < -0.3 is 10.6 Å². The Bertz CT molecular complexity index is 738. The molecule has 1 fully saturated rings. The second kappa shape index (κ2) is 5.68. The molecular weight excluding hydrogens is 290 g/mol. The lowest BCUT2D eigenvalue weighted by atomic mass is 9.96. The number of aromatic amines is 1. The van der Waals surface area contributed by atoms with Gasteiger partial charge >= 0.3 is 0 Å². The molecule has 1 unspecified atom stereocenters. The quantitative estimate of drug-likeness (QED) is 0.886. The van der Waals surface area contributed by atoms with Crippen LogP contribution in [0.2, 0.25) is 0 Å². The molecule has 3 N–H and O–H groups in total. The van der Waals surface area contributed by atoms with E-state index in [1.165, 1.54) is 18.4 Å². The van der Waals surface area contributed by atoms with E-state index >= 15 is 0 Å². The van der Waals surface area contributed by atoms with Crippen molar-refractivity contribution in [3.8, 4) is 0 Å². The molecule has 0 aromatic carbocycles. The highest BCUT2D eigenvalue weighted by Gasteiger charge is 2.30. The van der Waals surface area contributed by atoms with Crippen LogP contribution in [0.25, 0.3) is 0 Å². The number of fused-ring (bicyclic) bond motifs is 1. The molecule has 120 valence electrons. The largest absolute Gasteiger partial charge is 0.396 e. The lowest BCUT2D eigenvalue weighted by molar-refractivity contribution is 0.0784. The molecule has 1 amide bonds. The summed E-state index contributed by atoms with van der Waals surface area (Å²) in [6.45, 7) is 1.41. The highest BCUT2D eigenvalue weighted by molar-refractivity contribution is 5.92. The maximum atomic E-state index is 12.7. The summed E-state index contributed by atoms with van der Waals surface area (Å²) < 4.78 is 0. The van der Waals surface area contributed by atoms with Crippen molar-refractivity contribution in [2.75, 3.05) is 18.8 Å². The first-order chi connectivity index (χ1) is 11.2. The van der Waals surface area contributed by atoms with E-state index in [2.05, 4.69) is 21.2 Å². The Morgan fingerprint density at radius 2 is 2.17 bits per heavy atom. The minimum absolute atomic E-state index is 0.0268. The Morgan fingerprint density at radius 1 is 1.30 bits per heavy atom. The van der Waals surface area contributed by atoms with Crippen LogP contribution in [0.5, 0.6) is 0 Å². The van der Waals surface area contributed by atoms with Crippen molar-refractivity contribution in [1.29, 1.82) is 0 Å². The smallest absolute Gasteiger partial charge is 0.272 e. The number of hydrogen-bond donors (Lipinski definition) is 2. The first-order valence-corrected chi connectivity index (χ1v) is 8.29. The number of nitrogens with one attached hydrogen (secondary N) is 1. The average Bonchev–Trinajstić information content (AvgIpc) is 3.22. The van der Waals surface area contributed by atoms with Gasteiger partial charge in [0.2, 0.25) is 0 Å². The molecule has 0 bridgehead atoms. The maximum absolute atomic E-state index is 12.7. The summed E-state index contributed by atoms with van der Waals surface area (Å²) in [5, 5.41) is 6.94. The van der Waals surface area contributed by atoms with E-state index in [-0.39, 0.29) is 11.8 Å². The molecule has 6 heteroatoms. The van der Waals surface area contributed by atoms with Crippen LogP contribution in [-0.4, -0.2) is 39.1 Å². The van der Waals surface area contributed by atoms with E-state index in [9.17, 15) is 4.79 Å². The van der Waals surface area contributed by atoms with E-state index in [0.29, 0.717) is 17.9 Å². The number of pyridine rings is 1. The minimum atomic E-state index is 0.0268. The number of likely N-dealkylation sites (tertiary alicyclic amines) is 1. The van der Waals surface area contributed by atoms with Gasteiger partial charge in [0.05, 0.1) is 17.6 Å². The van der Waals surface area contributed by atoms with Gasteiger partial charge in [0.1, 0.15) is 5.69 Å². The molecule has 23 heavy (non-hydrogen) atoms. The normalized spacial score (nSPS) is 20.5. The van der Waals surface area contributed by atoms with Crippen molar-refractivity contribution in [3.05, 3.63) is 41.0 Å². The highest BCUT2D eigenvalue weighted by Crippen LogP contribution is 2.30. The van der Waals surface area contributed by atoms with E-state index in [0.717, 1.165) is 37.2 Å². The van der Waals surface area contributed by atoms with E-state index in [1.807, 2.05) is 11.0 Å². The van der Waals surface area contributed by atoms with Gasteiger partial charge in [-0.1, -0.05) is 6.07 Å². The Hall–Kier alpha value is -2.37. The van der Waals surface area contributed by atoms with Crippen molar-refractivity contribution in [3.63, 3.8) is 0 Å². The third kappa shape index (κ3) is 2.58. The predicted octanol–water partition coefficient (Wildman–Crippen LogP) is 1.90. The van der Waals surface area contributed by atoms with Crippen LogP contribution in [0.1, 0.15) is 52.6 Å². The van der Waals surface area contributed by atoms with E-state index in [1.54, 1.807) is 6.20 Å². The standard InChI is InChI=1S/C17H21N5O/c18-13-9-19-21-16(13)12-7-8-22(10-12)17(23)15-6-5-11-3-1-2-4-14(11)20-15/h5-6,9,12H,1-4,7-8,10,18H2,(H,19,21). The van der Waals surface area contributed by atoms with Crippen LogP contribution >= 0.6 is 0 Å². The second-order valence-electron chi connectivity index (χ2n) is 6.49. The van der Waals surface area contributed by atoms with Gasteiger partial charge in [0.25, 0.3) is 5.91 Å². The summed E-state index contributed by atoms with van der Waals surface area (Å²) in [6.07, 6.45) is 7.00. The molecule has 1 atom stereocenters. The molecule has 2 aliphatic rings. The zero-order valence-corrected chi connectivity index (χ0v) is 13.1. The molecule has 1 aliphatic heterocycles. The molecule has 0 spiro atoms.